The van der Waals surface area contributed by atoms with E-state index in [-0.39, 0.29) is 25.7 Å². The molecular formula is C34H27ClN2O3S. The predicted molar refractivity (Wildman–Crippen MR) is 163 cm³/mol. The van der Waals surface area contributed by atoms with Crippen molar-refractivity contribution < 1.29 is 14.6 Å². The van der Waals surface area contributed by atoms with Crippen molar-refractivity contribution in [2.75, 3.05) is 6.61 Å². The van der Waals surface area contributed by atoms with E-state index in [0.717, 1.165) is 21.6 Å². The summed E-state index contributed by atoms with van der Waals surface area (Å²) in [5.41, 5.74) is 8.08. The number of nitrogens with one attached hydrogen (secondary N) is 1. The number of ether oxygens (including phenoxy) is 1. The maximum Gasteiger partial charge on any atom is 0.407 e. The number of aliphatic hydroxyl groups excluding tert-OH is 1. The summed E-state index contributed by atoms with van der Waals surface area (Å²) in [4.78, 5) is 18.2. The summed E-state index contributed by atoms with van der Waals surface area (Å²) in [5, 5.41) is 14.0. The number of hydrogen-bond acceptors (Lipinski definition) is 5. The van der Waals surface area contributed by atoms with Crippen LogP contribution < -0.4 is 5.32 Å². The van der Waals surface area contributed by atoms with Crippen LogP contribution in [0.1, 0.15) is 28.2 Å². The van der Waals surface area contributed by atoms with E-state index >= 15 is 0 Å². The van der Waals surface area contributed by atoms with Gasteiger partial charge in [0.15, 0.2) is 0 Å². The highest BCUT2D eigenvalue weighted by atomic mass is 35.5. The minimum absolute atomic E-state index is 0.0140. The Labute approximate surface area is 248 Å². The number of nitrogens with zero attached hydrogens (tertiary/aromatic N) is 1. The van der Waals surface area contributed by atoms with Crippen LogP contribution >= 0.6 is 23.4 Å². The second kappa shape index (κ2) is 12.2. The number of halogens is 1. The predicted octanol–water partition coefficient (Wildman–Crippen LogP) is 8.08. The number of pyridine rings is 1. The summed E-state index contributed by atoms with van der Waals surface area (Å²) in [6.45, 7) is 0.317. The Morgan fingerprint density at radius 3 is 2.22 bits per heavy atom. The van der Waals surface area contributed by atoms with Gasteiger partial charge in [0.1, 0.15) is 11.6 Å². The molecule has 6 rings (SSSR count). The Balaban J connectivity index is 1.21. The number of aliphatic hydroxyl groups is 1. The monoisotopic (exact) mass is 578 g/mol. The fourth-order valence-corrected chi connectivity index (χ4v) is 6.69. The van der Waals surface area contributed by atoms with Gasteiger partial charge < -0.3 is 15.2 Å². The molecule has 1 aliphatic rings. The van der Waals surface area contributed by atoms with Crippen LogP contribution in [-0.2, 0) is 17.9 Å². The van der Waals surface area contributed by atoms with Gasteiger partial charge in [-0.1, -0.05) is 120 Å². The van der Waals surface area contributed by atoms with Crippen molar-refractivity contribution in [1.82, 2.24) is 10.3 Å². The Morgan fingerprint density at radius 2 is 1.51 bits per heavy atom. The average molecular weight is 579 g/mol. The molecule has 0 spiro atoms. The van der Waals surface area contributed by atoms with Crippen LogP contribution in [0.2, 0.25) is 5.02 Å². The topological polar surface area (TPSA) is 71.5 Å². The van der Waals surface area contributed by atoms with Crippen LogP contribution in [0.25, 0.3) is 22.3 Å². The number of fused-ring (bicyclic) bond motifs is 3. The van der Waals surface area contributed by atoms with Gasteiger partial charge in [-0.05, 0) is 39.4 Å². The molecule has 1 amide bonds. The lowest BCUT2D eigenvalue weighted by Crippen LogP contribution is -2.26. The first-order valence-corrected chi connectivity index (χ1v) is 14.5. The molecule has 0 bridgehead atoms. The van der Waals surface area contributed by atoms with Gasteiger partial charge in [-0.25, -0.2) is 9.78 Å². The molecule has 0 radical (unpaired) electrons. The number of benzene rings is 4. The van der Waals surface area contributed by atoms with Gasteiger partial charge in [-0.2, -0.15) is 0 Å². The van der Waals surface area contributed by atoms with Gasteiger partial charge in [0.05, 0.1) is 11.6 Å². The molecule has 5 aromatic rings. The van der Waals surface area contributed by atoms with Gasteiger partial charge in [-0.15, -0.1) is 0 Å². The zero-order chi connectivity index (χ0) is 28.2. The van der Waals surface area contributed by atoms with Crippen LogP contribution in [0.15, 0.2) is 119 Å². The number of carbonyl (C=O) groups excluding carboxylic acids is 1. The summed E-state index contributed by atoms with van der Waals surface area (Å²) in [5.74, 6) is -0.0140. The normalized spacial score (nSPS) is 12.0. The quantitative estimate of drug-likeness (QED) is 0.195. The summed E-state index contributed by atoms with van der Waals surface area (Å²) in [6, 6.07) is 34.0. The van der Waals surface area contributed by atoms with E-state index in [0.29, 0.717) is 15.6 Å². The first kappa shape index (κ1) is 27.1. The summed E-state index contributed by atoms with van der Waals surface area (Å²) < 4.78 is 5.74. The lowest BCUT2D eigenvalue weighted by molar-refractivity contribution is 0.142. The van der Waals surface area contributed by atoms with E-state index in [4.69, 9.17) is 16.3 Å². The lowest BCUT2D eigenvalue weighted by Gasteiger charge is -2.17. The van der Waals surface area contributed by atoms with E-state index in [9.17, 15) is 9.90 Å². The zero-order valence-corrected chi connectivity index (χ0v) is 23.7. The van der Waals surface area contributed by atoms with Crippen LogP contribution in [0.3, 0.4) is 0 Å². The van der Waals surface area contributed by atoms with Gasteiger partial charge in [0, 0.05) is 34.7 Å². The second-order valence-electron chi connectivity index (χ2n) is 9.69. The molecule has 0 aliphatic heterocycles. The third-order valence-electron chi connectivity index (χ3n) is 7.25. The highest BCUT2D eigenvalue weighted by Crippen LogP contribution is 2.45. The minimum atomic E-state index is -0.500. The highest BCUT2D eigenvalue weighted by molar-refractivity contribution is 7.99. The van der Waals surface area contributed by atoms with Crippen molar-refractivity contribution in [2.24, 2.45) is 0 Å². The molecule has 0 saturated carbocycles. The number of rotatable bonds is 8. The molecule has 4 aromatic carbocycles. The SMILES string of the molecule is O=C(NCc1ccc(-c2ccccc2)c(Cl)c1Sc1ncccc1CO)OCC1c2ccccc2-c2ccccc21. The van der Waals surface area contributed by atoms with Gasteiger partial charge in [-0.3, -0.25) is 0 Å². The standard InChI is InChI=1S/C34H27ClN2O3S/c35-31-25(22-9-2-1-3-10-22)17-16-23(32(31)41-33-24(20-38)11-8-18-36-33)19-37-34(39)40-21-30-28-14-6-4-12-26(28)27-13-5-7-15-29(27)30/h1-18,30,38H,19-21H2,(H,37,39). The summed E-state index contributed by atoms with van der Waals surface area (Å²) in [7, 11) is 0. The third kappa shape index (κ3) is 5.59. The highest BCUT2D eigenvalue weighted by Gasteiger charge is 2.29. The maximum absolute atomic E-state index is 12.9. The van der Waals surface area contributed by atoms with E-state index in [1.54, 1.807) is 12.3 Å². The van der Waals surface area contributed by atoms with Crippen molar-refractivity contribution >= 4 is 29.5 Å². The van der Waals surface area contributed by atoms with Crippen LogP contribution in [0.4, 0.5) is 4.79 Å². The summed E-state index contributed by atoms with van der Waals surface area (Å²) >= 11 is 8.37. The van der Waals surface area contributed by atoms with Crippen molar-refractivity contribution in [3.63, 3.8) is 0 Å². The number of hydrogen-bond donors (Lipinski definition) is 2. The van der Waals surface area contributed by atoms with E-state index < -0.39 is 6.09 Å². The van der Waals surface area contributed by atoms with E-state index in [1.165, 1.54) is 34.0 Å². The number of alkyl carbamates (subject to hydrolysis) is 1. The van der Waals surface area contributed by atoms with Crippen LogP contribution in [0.5, 0.6) is 0 Å². The molecule has 0 atom stereocenters. The molecule has 0 unspecified atom stereocenters. The molecule has 0 saturated heterocycles. The second-order valence-corrected chi connectivity index (χ2v) is 11.1. The summed E-state index contributed by atoms with van der Waals surface area (Å²) in [6.07, 6.45) is 1.19. The number of aromatic nitrogens is 1. The van der Waals surface area contributed by atoms with Crippen LogP contribution in [0, 0.1) is 0 Å². The van der Waals surface area contributed by atoms with Crippen molar-refractivity contribution in [2.45, 2.75) is 29.0 Å². The Hall–Kier alpha value is -4.10. The number of carbonyl (C=O) groups is 1. The smallest absolute Gasteiger partial charge is 0.407 e. The Bertz CT molecular complexity index is 1660. The van der Waals surface area contributed by atoms with Gasteiger partial charge >= 0.3 is 6.09 Å². The van der Waals surface area contributed by atoms with E-state index in [2.05, 4.69) is 34.6 Å². The largest absolute Gasteiger partial charge is 0.449 e. The molecule has 7 heteroatoms. The molecular weight excluding hydrogens is 552 g/mol. The maximum atomic E-state index is 12.9. The fourth-order valence-electron chi connectivity index (χ4n) is 5.24. The molecule has 1 heterocycles. The Kier molecular flexibility index (Phi) is 8.05. The molecule has 0 fully saturated rings. The number of amides is 1. The first-order chi connectivity index (χ1) is 20.1. The van der Waals surface area contributed by atoms with E-state index in [1.807, 2.05) is 72.8 Å². The van der Waals surface area contributed by atoms with Gasteiger partial charge in [0.25, 0.3) is 0 Å². The molecule has 1 aromatic heterocycles. The molecule has 5 nitrogen and oxygen atoms in total. The first-order valence-electron chi connectivity index (χ1n) is 13.3. The lowest BCUT2D eigenvalue weighted by atomic mass is 9.98. The molecule has 2 N–H and O–H groups in total. The van der Waals surface area contributed by atoms with Crippen molar-refractivity contribution in [3.8, 4) is 22.3 Å². The van der Waals surface area contributed by atoms with Crippen molar-refractivity contribution in [3.05, 3.63) is 137 Å². The van der Waals surface area contributed by atoms with Gasteiger partial charge in [0.2, 0.25) is 0 Å². The fraction of sp³-hybridized carbons (Fsp3) is 0.118. The third-order valence-corrected chi connectivity index (χ3v) is 8.99. The molecule has 1 aliphatic carbocycles. The minimum Gasteiger partial charge on any atom is -0.449 e. The average Bonchev–Trinajstić information content (AvgIpc) is 3.34. The Morgan fingerprint density at radius 1 is 0.829 bits per heavy atom. The molecule has 41 heavy (non-hydrogen) atoms. The van der Waals surface area contributed by atoms with Crippen molar-refractivity contribution in [1.29, 1.82) is 0 Å². The molecule has 204 valence electrons. The zero-order valence-electron chi connectivity index (χ0n) is 22.1. The van der Waals surface area contributed by atoms with Crippen LogP contribution in [-0.4, -0.2) is 22.8 Å².